The van der Waals surface area contributed by atoms with Crippen molar-refractivity contribution in [3.8, 4) is 5.69 Å². The van der Waals surface area contributed by atoms with Crippen molar-refractivity contribution in [2.24, 2.45) is 0 Å². The quantitative estimate of drug-likeness (QED) is 0.691. The van der Waals surface area contributed by atoms with Gasteiger partial charge in [0.25, 0.3) is 5.56 Å². The molecule has 0 amide bonds. The van der Waals surface area contributed by atoms with Crippen LogP contribution >= 0.6 is 11.6 Å². The first-order valence-electron chi connectivity index (χ1n) is 4.50. The Morgan fingerprint density at radius 1 is 1.27 bits per heavy atom. The lowest BCUT2D eigenvalue weighted by molar-refractivity contribution is 0.871. The number of halogens is 1. The molecule has 0 fully saturated rings. The van der Waals surface area contributed by atoms with Crippen LogP contribution in [-0.2, 0) is 0 Å². The highest BCUT2D eigenvalue weighted by Gasteiger charge is 2.04. The van der Waals surface area contributed by atoms with Crippen LogP contribution in [0.1, 0.15) is 5.82 Å². The van der Waals surface area contributed by atoms with Crippen molar-refractivity contribution in [1.29, 1.82) is 0 Å². The van der Waals surface area contributed by atoms with Gasteiger partial charge >= 0.3 is 0 Å². The first kappa shape index (κ1) is 9.93. The number of hydrogen-bond acceptors (Lipinski definition) is 2. The van der Waals surface area contributed by atoms with E-state index in [-0.39, 0.29) is 10.7 Å². The van der Waals surface area contributed by atoms with Crippen LogP contribution in [-0.4, -0.2) is 9.55 Å². The first-order valence-corrected chi connectivity index (χ1v) is 4.88. The molecular weight excluding hydrogens is 212 g/mol. The normalized spacial score (nSPS) is 10.3. The van der Waals surface area contributed by atoms with E-state index in [1.54, 1.807) is 6.92 Å². The van der Waals surface area contributed by atoms with Crippen LogP contribution in [0.2, 0.25) is 5.15 Å². The molecule has 76 valence electrons. The summed E-state index contributed by atoms with van der Waals surface area (Å²) in [6, 6.07) is 10.6. The van der Waals surface area contributed by atoms with E-state index in [1.165, 1.54) is 10.6 Å². The van der Waals surface area contributed by atoms with Gasteiger partial charge < -0.3 is 0 Å². The number of aryl methyl sites for hydroxylation is 1. The monoisotopic (exact) mass is 220 g/mol. The molecule has 15 heavy (non-hydrogen) atoms. The minimum Gasteiger partial charge on any atom is -0.269 e. The Kier molecular flexibility index (Phi) is 2.56. The van der Waals surface area contributed by atoms with Crippen LogP contribution in [0.25, 0.3) is 5.69 Å². The van der Waals surface area contributed by atoms with Gasteiger partial charge in [-0.2, -0.15) is 0 Å². The van der Waals surface area contributed by atoms with Crippen molar-refractivity contribution in [3.63, 3.8) is 0 Å². The predicted molar refractivity (Wildman–Crippen MR) is 59.6 cm³/mol. The molecule has 1 heterocycles. The second kappa shape index (κ2) is 3.87. The van der Waals surface area contributed by atoms with Gasteiger partial charge in [0.15, 0.2) is 0 Å². The highest BCUT2D eigenvalue weighted by atomic mass is 35.5. The van der Waals surface area contributed by atoms with E-state index in [0.29, 0.717) is 5.82 Å². The van der Waals surface area contributed by atoms with Crippen LogP contribution < -0.4 is 5.56 Å². The largest absolute Gasteiger partial charge is 0.269 e. The molecule has 0 unspecified atom stereocenters. The third-order valence-electron chi connectivity index (χ3n) is 2.07. The average Bonchev–Trinajstić information content (AvgIpc) is 2.17. The number of para-hydroxylation sites is 1. The molecule has 0 aliphatic carbocycles. The third kappa shape index (κ3) is 1.92. The van der Waals surface area contributed by atoms with Gasteiger partial charge in [-0.1, -0.05) is 29.8 Å². The smallest absolute Gasteiger partial charge is 0.259 e. The Bertz CT molecular complexity index is 534. The predicted octanol–water partition coefficient (Wildman–Crippen LogP) is 2.19. The Hall–Kier alpha value is -1.61. The summed E-state index contributed by atoms with van der Waals surface area (Å²) in [6.45, 7) is 1.75. The third-order valence-corrected chi connectivity index (χ3v) is 2.26. The second-order valence-corrected chi connectivity index (χ2v) is 3.52. The summed E-state index contributed by atoms with van der Waals surface area (Å²) < 4.78 is 1.52. The Morgan fingerprint density at radius 3 is 2.53 bits per heavy atom. The summed E-state index contributed by atoms with van der Waals surface area (Å²) in [6.07, 6.45) is 0. The van der Waals surface area contributed by atoms with Crippen LogP contribution in [0.5, 0.6) is 0 Å². The Morgan fingerprint density at radius 2 is 1.93 bits per heavy atom. The van der Waals surface area contributed by atoms with Gasteiger partial charge in [-0.3, -0.25) is 9.36 Å². The molecule has 0 N–H and O–H groups in total. The van der Waals surface area contributed by atoms with Crippen molar-refractivity contribution < 1.29 is 0 Å². The minimum atomic E-state index is -0.168. The van der Waals surface area contributed by atoms with Gasteiger partial charge in [-0.25, -0.2) is 4.98 Å². The highest BCUT2D eigenvalue weighted by molar-refractivity contribution is 6.29. The molecule has 4 heteroatoms. The molecule has 0 radical (unpaired) electrons. The fourth-order valence-corrected chi connectivity index (χ4v) is 1.67. The van der Waals surface area contributed by atoms with E-state index in [2.05, 4.69) is 4.98 Å². The SMILES string of the molecule is Cc1nc(Cl)cc(=O)n1-c1ccccc1. The lowest BCUT2D eigenvalue weighted by Gasteiger charge is -2.08. The molecule has 0 spiro atoms. The van der Waals surface area contributed by atoms with Gasteiger partial charge in [0.1, 0.15) is 11.0 Å². The summed E-state index contributed by atoms with van der Waals surface area (Å²) >= 11 is 5.69. The fraction of sp³-hybridized carbons (Fsp3) is 0.0909. The second-order valence-electron chi connectivity index (χ2n) is 3.14. The number of nitrogens with zero attached hydrogens (tertiary/aromatic N) is 2. The van der Waals surface area contributed by atoms with Gasteiger partial charge in [0, 0.05) is 6.07 Å². The maximum absolute atomic E-state index is 11.7. The van der Waals surface area contributed by atoms with Crippen LogP contribution in [0.4, 0.5) is 0 Å². The van der Waals surface area contributed by atoms with Crippen LogP contribution in [0.3, 0.4) is 0 Å². The van der Waals surface area contributed by atoms with E-state index < -0.39 is 0 Å². The maximum Gasteiger partial charge on any atom is 0.259 e. The molecule has 1 aromatic carbocycles. The highest BCUT2D eigenvalue weighted by Crippen LogP contribution is 2.08. The zero-order valence-electron chi connectivity index (χ0n) is 8.14. The maximum atomic E-state index is 11.7. The summed E-state index contributed by atoms with van der Waals surface area (Å²) in [7, 11) is 0. The molecule has 0 atom stereocenters. The number of hydrogen-bond donors (Lipinski definition) is 0. The minimum absolute atomic E-state index is 0.168. The summed E-state index contributed by atoms with van der Waals surface area (Å²) in [4.78, 5) is 15.7. The molecule has 0 aliphatic rings. The Labute approximate surface area is 92.0 Å². The molecule has 3 nitrogen and oxygen atoms in total. The zero-order valence-corrected chi connectivity index (χ0v) is 8.90. The van der Waals surface area contributed by atoms with E-state index in [1.807, 2.05) is 30.3 Å². The van der Waals surface area contributed by atoms with Crippen molar-refractivity contribution in [2.75, 3.05) is 0 Å². The lowest BCUT2D eigenvalue weighted by Crippen LogP contribution is -2.20. The van der Waals surface area contributed by atoms with Crippen molar-refractivity contribution in [1.82, 2.24) is 9.55 Å². The van der Waals surface area contributed by atoms with Gasteiger partial charge in [-0.15, -0.1) is 0 Å². The summed E-state index contributed by atoms with van der Waals surface area (Å²) in [5.41, 5.74) is 0.628. The summed E-state index contributed by atoms with van der Waals surface area (Å²) in [5, 5.41) is 0.227. The zero-order chi connectivity index (χ0) is 10.8. The molecule has 1 aromatic heterocycles. The lowest BCUT2D eigenvalue weighted by atomic mass is 10.3. The van der Waals surface area contributed by atoms with E-state index in [9.17, 15) is 4.79 Å². The van der Waals surface area contributed by atoms with E-state index in [0.717, 1.165) is 5.69 Å². The molecule has 0 aliphatic heterocycles. The first-order chi connectivity index (χ1) is 7.18. The molecule has 2 aromatic rings. The van der Waals surface area contributed by atoms with Gasteiger partial charge in [0.2, 0.25) is 0 Å². The molecule has 2 rings (SSSR count). The van der Waals surface area contributed by atoms with E-state index in [4.69, 9.17) is 11.6 Å². The van der Waals surface area contributed by atoms with Crippen LogP contribution in [0.15, 0.2) is 41.2 Å². The van der Waals surface area contributed by atoms with Crippen LogP contribution in [0, 0.1) is 6.92 Å². The molecule has 0 bridgehead atoms. The molecule has 0 saturated heterocycles. The number of benzene rings is 1. The van der Waals surface area contributed by atoms with Crippen molar-refractivity contribution in [2.45, 2.75) is 6.92 Å². The summed E-state index contributed by atoms with van der Waals surface area (Å²) in [5.74, 6) is 0.582. The van der Waals surface area contributed by atoms with E-state index >= 15 is 0 Å². The average molecular weight is 221 g/mol. The Balaban J connectivity index is 2.69. The standard InChI is InChI=1S/C11H9ClN2O/c1-8-13-10(12)7-11(15)14(8)9-5-3-2-4-6-9/h2-7H,1H3. The number of aromatic nitrogens is 2. The van der Waals surface area contributed by atoms with Crippen molar-refractivity contribution >= 4 is 11.6 Å². The fourth-order valence-electron chi connectivity index (χ4n) is 1.45. The molecule has 0 saturated carbocycles. The van der Waals surface area contributed by atoms with Gasteiger partial charge in [0.05, 0.1) is 5.69 Å². The molecular formula is C11H9ClN2O. The topological polar surface area (TPSA) is 34.9 Å². The van der Waals surface area contributed by atoms with Gasteiger partial charge in [-0.05, 0) is 19.1 Å². The van der Waals surface area contributed by atoms with Crippen molar-refractivity contribution in [3.05, 3.63) is 57.7 Å². The number of rotatable bonds is 1.